The molecule has 0 fully saturated rings. The minimum Gasteiger partial charge on any atom is -0.493 e. The summed E-state index contributed by atoms with van der Waals surface area (Å²) in [7, 11) is 3.84. The van der Waals surface area contributed by atoms with Crippen LogP contribution in [0.1, 0.15) is 44.2 Å². The molecule has 0 aliphatic rings. The lowest BCUT2D eigenvalue weighted by atomic mass is 9.98. The number of benzene rings is 4. The smallest absolute Gasteiger partial charge is 0.335 e. The largest absolute Gasteiger partial charge is 0.493 e. The van der Waals surface area contributed by atoms with Crippen LogP contribution in [0.15, 0.2) is 84.9 Å². The molecule has 0 unspecified atom stereocenters. The van der Waals surface area contributed by atoms with Gasteiger partial charge in [-0.2, -0.15) is 5.10 Å². The van der Waals surface area contributed by atoms with Crippen molar-refractivity contribution in [2.45, 2.75) is 26.7 Å². The average molecular weight is 587 g/mol. The van der Waals surface area contributed by atoms with Crippen molar-refractivity contribution in [2.24, 2.45) is 14.1 Å². The van der Waals surface area contributed by atoms with Crippen molar-refractivity contribution in [3.8, 4) is 16.9 Å². The van der Waals surface area contributed by atoms with E-state index in [9.17, 15) is 14.7 Å². The molecular formula is C36H34N4O4. The molecule has 6 rings (SSSR count). The Bertz CT molecular complexity index is 2050. The summed E-state index contributed by atoms with van der Waals surface area (Å²) < 4.78 is 10.1. The lowest BCUT2D eigenvalue weighted by molar-refractivity contribution is 0.0696. The predicted octanol–water partition coefficient (Wildman–Crippen LogP) is 7.31. The summed E-state index contributed by atoms with van der Waals surface area (Å²) >= 11 is 0. The minimum absolute atomic E-state index is 0.107. The maximum absolute atomic E-state index is 14.0. The number of amides is 1. The molecule has 0 saturated heterocycles. The van der Waals surface area contributed by atoms with Gasteiger partial charge in [0, 0.05) is 47.4 Å². The molecule has 0 aliphatic heterocycles. The highest BCUT2D eigenvalue weighted by molar-refractivity contribution is 6.11. The number of aryl methyl sites for hydroxylation is 4. The van der Waals surface area contributed by atoms with Crippen LogP contribution < -0.4 is 10.1 Å². The van der Waals surface area contributed by atoms with Gasteiger partial charge < -0.3 is 19.7 Å². The Labute approximate surface area is 255 Å². The molecule has 2 N–H and O–H groups in total. The van der Waals surface area contributed by atoms with Crippen molar-refractivity contribution < 1.29 is 19.4 Å². The van der Waals surface area contributed by atoms with Crippen molar-refractivity contribution in [3.63, 3.8) is 0 Å². The number of ether oxygens (including phenoxy) is 1. The fourth-order valence-corrected chi connectivity index (χ4v) is 6.17. The molecule has 44 heavy (non-hydrogen) atoms. The van der Waals surface area contributed by atoms with Crippen molar-refractivity contribution in [3.05, 3.63) is 113 Å². The molecule has 2 heterocycles. The number of carbonyl (C=O) groups is 2. The van der Waals surface area contributed by atoms with Gasteiger partial charge >= 0.3 is 5.97 Å². The first-order chi connectivity index (χ1) is 21.2. The van der Waals surface area contributed by atoms with E-state index in [-0.39, 0.29) is 11.5 Å². The molecule has 0 spiro atoms. The van der Waals surface area contributed by atoms with Crippen LogP contribution in [0, 0.1) is 13.8 Å². The van der Waals surface area contributed by atoms with E-state index in [2.05, 4.69) is 40.7 Å². The van der Waals surface area contributed by atoms with Gasteiger partial charge in [0.1, 0.15) is 11.4 Å². The zero-order valence-electron chi connectivity index (χ0n) is 25.2. The quantitative estimate of drug-likeness (QED) is 0.173. The van der Waals surface area contributed by atoms with Gasteiger partial charge in [-0.1, -0.05) is 60.7 Å². The van der Waals surface area contributed by atoms with E-state index in [1.54, 1.807) is 12.1 Å². The van der Waals surface area contributed by atoms with Crippen molar-refractivity contribution in [2.75, 3.05) is 11.9 Å². The van der Waals surface area contributed by atoms with E-state index >= 15 is 0 Å². The normalized spacial score (nSPS) is 11.3. The number of hydrogen-bond donors (Lipinski definition) is 2. The Balaban J connectivity index is 1.38. The van der Waals surface area contributed by atoms with Crippen LogP contribution in [-0.2, 0) is 20.5 Å². The number of aromatic nitrogens is 3. The van der Waals surface area contributed by atoms with E-state index in [1.165, 1.54) is 12.1 Å². The SMILES string of the molecule is Cc1nn(C)c(C)c1-c1cccc2c(CCCOc3cccc4ccccc34)c(C(=O)Nc3cccc(C(=O)O)c3)n(C)c12. The minimum atomic E-state index is -1.05. The number of aromatic carboxylic acids is 1. The van der Waals surface area contributed by atoms with Gasteiger partial charge in [0.15, 0.2) is 0 Å². The third-order valence-electron chi connectivity index (χ3n) is 8.26. The lowest BCUT2D eigenvalue weighted by Gasteiger charge is -2.12. The molecule has 8 nitrogen and oxygen atoms in total. The van der Waals surface area contributed by atoms with E-state index in [0.717, 1.165) is 55.5 Å². The summed E-state index contributed by atoms with van der Waals surface area (Å²) in [5, 5.41) is 20.2. The van der Waals surface area contributed by atoms with Gasteiger partial charge in [-0.3, -0.25) is 9.48 Å². The first-order valence-electron chi connectivity index (χ1n) is 14.6. The van der Waals surface area contributed by atoms with Crippen LogP contribution in [0.5, 0.6) is 5.75 Å². The molecule has 222 valence electrons. The van der Waals surface area contributed by atoms with Crippen LogP contribution in [-0.4, -0.2) is 37.9 Å². The monoisotopic (exact) mass is 586 g/mol. The number of carbonyl (C=O) groups excluding carboxylic acids is 1. The topological polar surface area (TPSA) is 98.4 Å². The summed E-state index contributed by atoms with van der Waals surface area (Å²) in [6.07, 6.45) is 1.29. The first kappa shape index (κ1) is 28.7. The van der Waals surface area contributed by atoms with E-state index < -0.39 is 5.97 Å². The Hall–Kier alpha value is -5.37. The zero-order chi connectivity index (χ0) is 31.0. The Kier molecular flexibility index (Phi) is 7.66. The second-order valence-electron chi connectivity index (χ2n) is 11.0. The molecule has 0 aliphatic carbocycles. The fraction of sp³-hybridized carbons (Fsp3) is 0.194. The van der Waals surface area contributed by atoms with Crippen LogP contribution >= 0.6 is 0 Å². The van der Waals surface area contributed by atoms with Gasteiger partial charge in [-0.15, -0.1) is 0 Å². The van der Waals surface area contributed by atoms with Crippen LogP contribution in [0.25, 0.3) is 32.8 Å². The Morgan fingerprint density at radius 3 is 2.41 bits per heavy atom. The molecule has 4 aromatic carbocycles. The number of para-hydroxylation sites is 1. The van der Waals surface area contributed by atoms with Gasteiger partial charge in [0.2, 0.25) is 0 Å². The van der Waals surface area contributed by atoms with E-state index in [1.807, 2.05) is 67.5 Å². The average Bonchev–Trinajstić information content (AvgIpc) is 3.45. The molecule has 6 aromatic rings. The maximum Gasteiger partial charge on any atom is 0.335 e. The zero-order valence-corrected chi connectivity index (χ0v) is 25.2. The van der Waals surface area contributed by atoms with Gasteiger partial charge in [-0.25, -0.2) is 4.79 Å². The summed E-state index contributed by atoms with van der Waals surface area (Å²) in [6, 6.07) is 26.6. The number of nitrogens with one attached hydrogen (secondary N) is 1. The number of hydrogen-bond acceptors (Lipinski definition) is 4. The third kappa shape index (κ3) is 5.19. The highest BCUT2D eigenvalue weighted by atomic mass is 16.5. The standard InChI is InChI=1S/C36H34N4O4/c1-22-32(23(2)40(4)38-22)30-17-9-16-28-29(18-10-20-44-31-19-8-12-24-11-5-6-15-27(24)31)34(39(3)33(28)30)35(41)37-26-14-7-13-25(21-26)36(42)43/h5-9,11-17,19,21H,10,18,20H2,1-4H3,(H,37,41)(H,42,43). The lowest BCUT2D eigenvalue weighted by Crippen LogP contribution is -2.18. The number of carboxylic acid groups (broad SMARTS) is 1. The number of anilines is 1. The number of rotatable bonds is 9. The first-order valence-corrected chi connectivity index (χ1v) is 14.6. The molecule has 0 atom stereocenters. The summed E-state index contributed by atoms with van der Waals surface area (Å²) in [5.41, 5.74) is 6.92. The van der Waals surface area contributed by atoms with Crippen LogP contribution in [0.2, 0.25) is 0 Å². The Morgan fingerprint density at radius 1 is 0.909 bits per heavy atom. The fourth-order valence-electron chi connectivity index (χ4n) is 6.17. The number of nitrogens with zero attached hydrogens (tertiary/aromatic N) is 3. The van der Waals surface area contributed by atoms with Crippen molar-refractivity contribution in [1.29, 1.82) is 0 Å². The van der Waals surface area contributed by atoms with Crippen LogP contribution in [0.4, 0.5) is 5.69 Å². The summed E-state index contributed by atoms with van der Waals surface area (Å²) in [4.78, 5) is 25.5. The second kappa shape index (κ2) is 11.7. The molecule has 0 saturated carbocycles. The number of carboxylic acids is 1. The van der Waals surface area contributed by atoms with Gasteiger partial charge in [0.25, 0.3) is 5.91 Å². The van der Waals surface area contributed by atoms with Crippen molar-refractivity contribution in [1.82, 2.24) is 14.3 Å². The molecule has 1 amide bonds. The molecule has 0 radical (unpaired) electrons. The van der Waals surface area contributed by atoms with Gasteiger partial charge in [0.05, 0.1) is 23.4 Å². The summed E-state index contributed by atoms with van der Waals surface area (Å²) in [6.45, 7) is 4.52. The van der Waals surface area contributed by atoms with Gasteiger partial charge in [-0.05, 0) is 61.9 Å². The highest BCUT2D eigenvalue weighted by Gasteiger charge is 2.25. The van der Waals surface area contributed by atoms with E-state index in [0.29, 0.717) is 30.8 Å². The maximum atomic E-state index is 14.0. The molecule has 2 aromatic heterocycles. The number of fused-ring (bicyclic) bond motifs is 2. The predicted molar refractivity (Wildman–Crippen MR) is 174 cm³/mol. The second-order valence-corrected chi connectivity index (χ2v) is 11.0. The molecular weight excluding hydrogens is 552 g/mol. The molecule has 0 bridgehead atoms. The van der Waals surface area contributed by atoms with E-state index in [4.69, 9.17) is 4.74 Å². The highest BCUT2D eigenvalue weighted by Crippen LogP contribution is 2.37. The Morgan fingerprint density at radius 2 is 1.64 bits per heavy atom. The molecule has 8 heteroatoms. The third-order valence-corrected chi connectivity index (χ3v) is 8.26. The summed E-state index contributed by atoms with van der Waals surface area (Å²) in [5.74, 6) is -0.520. The van der Waals surface area contributed by atoms with Crippen LogP contribution in [0.3, 0.4) is 0 Å². The van der Waals surface area contributed by atoms with Crippen molar-refractivity contribution >= 4 is 39.2 Å².